The van der Waals surface area contributed by atoms with Gasteiger partial charge in [0.05, 0.1) is 10.5 Å². The Hall–Kier alpha value is -1.93. The molecule has 0 spiro atoms. The third kappa shape index (κ3) is 5.92. The normalized spacial score (nSPS) is 11.5. The smallest absolute Gasteiger partial charge is 0.282 e. The van der Waals surface area contributed by atoms with Crippen molar-refractivity contribution in [1.82, 2.24) is 0 Å². The predicted octanol–water partition coefficient (Wildman–Crippen LogP) is 3.78. The maximum absolute atomic E-state index is 12.0. The fraction of sp³-hybridized carbons (Fsp3) is 0.0769. The Kier molecular flexibility index (Phi) is 5.45. The molecule has 3 nitrogen and oxygen atoms in total. The number of hydrogen-bond acceptors (Lipinski definition) is 2. The van der Waals surface area contributed by atoms with Crippen LogP contribution in [-0.2, 0) is 16.3 Å². The van der Waals surface area contributed by atoms with E-state index in [4.69, 9.17) is 4.55 Å². The molecule has 0 saturated heterocycles. The minimum atomic E-state index is -4.52. The van der Waals surface area contributed by atoms with E-state index in [-0.39, 0.29) is 5.82 Å². The average molecular weight is 322 g/mol. The Bertz CT molecular complexity index is 665. The van der Waals surface area contributed by atoms with Crippen LogP contribution in [0.15, 0.2) is 59.5 Å². The van der Waals surface area contributed by atoms with Crippen LogP contribution in [0.5, 0.6) is 0 Å². The highest BCUT2D eigenvalue weighted by Gasteiger charge is 2.30. The van der Waals surface area contributed by atoms with Gasteiger partial charge in [0.25, 0.3) is 10.1 Å². The number of halogens is 4. The molecule has 0 amide bonds. The molecule has 0 heterocycles. The maximum Gasteiger partial charge on any atom is 0.416 e. The molecule has 2 rings (SSSR count). The van der Waals surface area contributed by atoms with Gasteiger partial charge >= 0.3 is 6.18 Å². The molecular weight excluding hydrogens is 312 g/mol. The Morgan fingerprint density at radius 2 is 1.33 bits per heavy atom. The zero-order valence-electron chi connectivity index (χ0n) is 10.4. The first-order chi connectivity index (χ1) is 9.60. The van der Waals surface area contributed by atoms with E-state index in [9.17, 15) is 26.0 Å². The molecule has 0 atom stereocenters. The lowest BCUT2D eigenvalue weighted by molar-refractivity contribution is -0.137. The summed E-state index contributed by atoms with van der Waals surface area (Å²) in [7, 11) is -4.43. The van der Waals surface area contributed by atoms with Crippen LogP contribution in [0.25, 0.3) is 0 Å². The molecular formula is C13H10F4O3S. The highest BCUT2D eigenvalue weighted by molar-refractivity contribution is 7.85. The summed E-state index contributed by atoms with van der Waals surface area (Å²) in [6, 6.07) is 10.5. The molecule has 0 aliphatic carbocycles. The van der Waals surface area contributed by atoms with Crippen LogP contribution in [0.2, 0.25) is 0 Å². The van der Waals surface area contributed by atoms with Crippen LogP contribution in [0, 0.1) is 5.82 Å². The van der Waals surface area contributed by atoms with E-state index >= 15 is 0 Å². The standard InChI is InChI=1S/C7H5F3O3S.C6H5F/c8-7(9,10)5-1-3-6(4-2-5)14(11,12)13;7-6-4-2-1-3-5-6/h1-4H,(H,11,12,13);1-5H. The van der Waals surface area contributed by atoms with Crippen molar-refractivity contribution in [2.75, 3.05) is 0 Å². The zero-order valence-corrected chi connectivity index (χ0v) is 11.2. The zero-order chi connectivity index (χ0) is 16.1. The molecule has 0 fully saturated rings. The summed E-state index contributed by atoms with van der Waals surface area (Å²) in [4.78, 5) is -0.564. The number of hydrogen-bond donors (Lipinski definition) is 1. The highest BCUT2D eigenvalue weighted by Crippen LogP contribution is 2.29. The van der Waals surface area contributed by atoms with Gasteiger partial charge in [-0.05, 0) is 36.4 Å². The monoisotopic (exact) mass is 322 g/mol. The van der Waals surface area contributed by atoms with E-state index in [1.807, 2.05) is 0 Å². The van der Waals surface area contributed by atoms with Crippen LogP contribution in [-0.4, -0.2) is 13.0 Å². The molecule has 114 valence electrons. The molecule has 0 radical (unpaired) electrons. The van der Waals surface area contributed by atoms with Gasteiger partial charge in [0.2, 0.25) is 0 Å². The second-order valence-electron chi connectivity index (χ2n) is 3.79. The largest absolute Gasteiger partial charge is 0.416 e. The van der Waals surface area contributed by atoms with Crippen LogP contribution in [0.4, 0.5) is 17.6 Å². The molecule has 0 aromatic heterocycles. The van der Waals surface area contributed by atoms with Gasteiger partial charge in [0, 0.05) is 0 Å². The predicted molar refractivity (Wildman–Crippen MR) is 67.7 cm³/mol. The van der Waals surface area contributed by atoms with Crippen molar-refractivity contribution >= 4 is 10.1 Å². The van der Waals surface area contributed by atoms with Crippen LogP contribution in [0.3, 0.4) is 0 Å². The van der Waals surface area contributed by atoms with E-state index in [0.717, 1.165) is 0 Å². The molecule has 0 aliphatic rings. The van der Waals surface area contributed by atoms with Crippen LogP contribution >= 0.6 is 0 Å². The van der Waals surface area contributed by atoms with E-state index in [1.165, 1.54) is 12.1 Å². The number of alkyl halides is 3. The quantitative estimate of drug-likeness (QED) is 0.642. The van der Waals surface area contributed by atoms with Crippen molar-refractivity contribution in [3.05, 3.63) is 66.0 Å². The van der Waals surface area contributed by atoms with Gasteiger partial charge in [-0.3, -0.25) is 4.55 Å². The average Bonchev–Trinajstić information content (AvgIpc) is 2.38. The Balaban J connectivity index is 0.000000262. The van der Waals surface area contributed by atoms with Crippen molar-refractivity contribution < 1.29 is 30.5 Å². The Morgan fingerprint density at radius 1 is 0.857 bits per heavy atom. The number of benzene rings is 2. The second-order valence-corrected chi connectivity index (χ2v) is 5.21. The van der Waals surface area contributed by atoms with Crippen LogP contribution in [0.1, 0.15) is 5.56 Å². The fourth-order valence-corrected chi connectivity index (χ4v) is 1.71. The van der Waals surface area contributed by atoms with E-state index in [2.05, 4.69) is 0 Å². The maximum atomic E-state index is 12.0. The van der Waals surface area contributed by atoms with Gasteiger partial charge in [-0.15, -0.1) is 0 Å². The molecule has 8 heteroatoms. The molecule has 21 heavy (non-hydrogen) atoms. The summed E-state index contributed by atoms with van der Waals surface area (Å²) in [6.07, 6.45) is -4.52. The highest BCUT2D eigenvalue weighted by atomic mass is 32.2. The van der Waals surface area contributed by atoms with Gasteiger partial charge in [-0.2, -0.15) is 21.6 Å². The van der Waals surface area contributed by atoms with Crippen molar-refractivity contribution in [1.29, 1.82) is 0 Å². The Morgan fingerprint density at radius 3 is 1.62 bits per heavy atom. The van der Waals surface area contributed by atoms with E-state index in [1.54, 1.807) is 18.2 Å². The molecule has 0 saturated carbocycles. The lowest BCUT2D eigenvalue weighted by atomic mass is 10.2. The molecule has 0 aliphatic heterocycles. The molecule has 2 aromatic carbocycles. The molecule has 2 aromatic rings. The van der Waals surface area contributed by atoms with Crippen molar-refractivity contribution in [3.63, 3.8) is 0 Å². The third-order valence-corrected chi connectivity index (χ3v) is 3.08. The first-order valence-electron chi connectivity index (χ1n) is 5.46. The minimum Gasteiger partial charge on any atom is -0.282 e. The lowest BCUT2D eigenvalue weighted by Crippen LogP contribution is -2.05. The number of rotatable bonds is 1. The first kappa shape index (κ1) is 17.1. The topological polar surface area (TPSA) is 54.4 Å². The summed E-state index contributed by atoms with van der Waals surface area (Å²) in [5.41, 5.74) is -0.968. The minimum absolute atomic E-state index is 0.178. The summed E-state index contributed by atoms with van der Waals surface area (Å²) in [5, 5.41) is 0. The van der Waals surface area contributed by atoms with Crippen molar-refractivity contribution in [2.24, 2.45) is 0 Å². The lowest BCUT2D eigenvalue weighted by Gasteiger charge is -2.05. The summed E-state index contributed by atoms with van der Waals surface area (Å²) in [5.74, 6) is -0.178. The first-order valence-corrected chi connectivity index (χ1v) is 6.90. The second kappa shape index (κ2) is 6.68. The van der Waals surface area contributed by atoms with Crippen LogP contribution < -0.4 is 0 Å². The van der Waals surface area contributed by atoms with Gasteiger partial charge in [-0.25, -0.2) is 4.39 Å². The summed E-state index contributed by atoms with van der Waals surface area (Å²) in [6.45, 7) is 0. The van der Waals surface area contributed by atoms with Gasteiger partial charge < -0.3 is 0 Å². The fourth-order valence-electron chi connectivity index (χ4n) is 1.23. The molecule has 1 N–H and O–H groups in total. The van der Waals surface area contributed by atoms with Crippen molar-refractivity contribution in [3.8, 4) is 0 Å². The SMILES string of the molecule is Fc1ccccc1.O=S(=O)(O)c1ccc(C(F)(F)F)cc1. The third-order valence-electron chi connectivity index (χ3n) is 2.21. The summed E-state index contributed by atoms with van der Waals surface area (Å²) < 4.78 is 77.3. The summed E-state index contributed by atoms with van der Waals surface area (Å²) >= 11 is 0. The van der Waals surface area contributed by atoms with Crippen molar-refractivity contribution in [2.45, 2.75) is 11.1 Å². The molecule has 0 unspecified atom stereocenters. The van der Waals surface area contributed by atoms with E-state index < -0.39 is 26.8 Å². The van der Waals surface area contributed by atoms with Gasteiger partial charge in [-0.1, -0.05) is 18.2 Å². The van der Waals surface area contributed by atoms with Gasteiger partial charge in [0.1, 0.15) is 5.82 Å². The van der Waals surface area contributed by atoms with Gasteiger partial charge in [0.15, 0.2) is 0 Å². The Labute approximate surface area is 118 Å². The van der Waals surface area contributed by atoms with E-state index in [0.29, 0.717) is 24.3 Å². The molecule has 0 bridgehead atoms.